The number of hydrogen-bond donors (Lipinski definition) is 1. The molecule has 0 amide bonds. The molecule has 0 spiro atoms. The van der Waals surface area contributed by atoms with Gasteiger partial charge in [-0.3, -0.25) is 0 Å². The molecule has 7 aromatic carbocycles. The van der Waals surface area contributed by atoms with Gasteiger partial charge in [0, 0.05) is 11.1 Å². The third-order valence-corrected chi connectivity index (χ3v) is 8.92. The molecule has 1 N–H and O–H groups in total. The van der Waals surface area contributed by atoms with Crippen LogP contribution in [-0.4, -0.2) is 19.3 Å². The first-order valence-corrected chi connectivity index (χ1v) is 16.1. The van der Waals surface area contributed by atoms with E-state index >= 15 is 0 Å². The number of aliphatic hydroxyl groups is 1. The Labute approximate surface area is 282 Å². The van der Waals surface area contributed by atoms with Crippen LogP contribution in [0.3, 0.4) is 0 Å². The smallest absolute Gasteiger partial charge is 0.126 e. The van der Waals surface area contributed by atoms with E-state index in [1.165, 1.54) is 0 Å². The molecule has 0 heterocycles. The molecule has 7 rings (SSSR count). The van der Waals surface area contributed by atoms with Crippen molar-refractivity contribution in [2.75, 3.05) is 14.2 Å². The van der Waals surface area contributed by atoms with Gasteiger partial charge in [-0.2, -0.15) is 0 Å². The number of para-hydroxylation sites is 2. The van der Waals surface area contributed by atoms with Crippen molar-refractivity contribution in [1.82, 2.24) is 0 Å². The Bertz CT molecular complexity index is 1950. The zero-order chi connectivity index (χ0) is 32.9. The van der Waals surface area contributed by atoms with Crippen LogP contribution in [-0.2, 0) is 6.61 Å². The van der Waals surface area contributed by atoms with Crippen LogP contribution in [0.4, 0.5) is 0 Å². The Kier molecular flexibility index (Phi) is 8.86. The van der Waals surface area contributed by atoms with E-state index in [1.807, 2.05) is 42.5 Å². The predicted molar refractivity (Wildman–Crippen MR) is 198 cm³/mol. The van der Waals surface area contributed by atoms with Gasteiger partial charge < -0.3 is 14.6 Å². The third-order valence-electron chi connectivity index (χ3n) is 8.92. The van der Waals surface area contributed by atoms with Gasteiger partial charge in [-0.05, 0) is 91.5 Å². The summed E-state index contributed by atoms with van der Waals surface area (Å²) in [5, 5.41) is 10.3. The van der Waals surface area contributed by atoms with Gasteiger partial charge >= 0.3 is 0 Å². The van der Waals surface area contributed by atoms with E-state index in [2.05, 4.69) is 121 Å². The molecule has 0 unspecified atom stereocenters. The minimum Gasteiger partial charge on any atom is -0.496 e. The predicted octanol–water partition coefficient (Wildman–Crippen LogP) is 11.2. The second-order valence-corrected chi connectivity index (χ2v) is 11.7. The lowest BCUT2D eigenvalue weighted by atomic mass is 9.85. The first-order chi connectivity index (χ1) is 23.7. The highest BCUT2D eigenvalue weighted by atomic mass is 16.5. The minimum atomic E-state index is -0.0334. The first-order valence-electron chi connectivity index (χ1n) is 16.1. The molecule has 0 fully saturated rings. The van der Waals surface area contributed by atoms with Crippen molar-refractivity contribution in [1.29, 1.82) is 0 Å². The topological polar surface area (TPSA) is 38.7 Å². The van der Waals surface area contributed by atoms with Crippen LogP contribution in [0.25, 0.3) is 66.8 Å². The van der Waals surface area contributed by atoms with Gasteiger partial charge in [0.2, 0.25) is 0 Å². The van der Waals surface area contributed by atoms with Gasteiger partial charge in [-0.25, -0.2) is 0 Å². The SMILES string of the molecule is COc1ccccc1-c1ccccc1-c1cc(-c2ccccc2-c2ccccc2CO)cc(-c2ccccc2-c2ccccc2OC)c1. The molecule has 0 bridgehead atoms. The summed E-state index contributed by atoms with van der Waals surface area (Å²) < 4.78 is 11.6. The Morgan fingerprint density at radius 2 is 0.646 bits per heavy atom. The van der Waals surface area contributed by atoms with Gasteiger partial charge in [0.15, 0.2) is 0 Å². The van der Waals surface area contributed by atoms with Crippen molar-refractivity contribution in [3.63, 3.8) is 0 Å². The number of aliphatic hydroxyl groups excluding tert-OH is 1. The Hall–Kier alpha value is -5.90. The van der Waals surface area contributed by atoms with Crippen molar-refractivity contribution in [2.45, 2.75) is 6.61 Å². The fourth-order valence-electron chi connectivity index (χ4n) is 6.66. The lowest BCUT2D eigenvalue weighted by molar-refractivity contribution is 0.282. The summed E-state index contributed by atoms with van der Waals surface area (Å²) >= 11 is 0. The molecule has 0 aromatic heterocycles. The average molecular weight is 625 g/mol. The van der Waals surface area contributed by atoms with E-state index in [0.717, 1.165) is 83.8 Å². The summed E-state index contributed by atoms with van der Waals surface area (Å²) in [6.45, 7) is -0.0334. The van der Waals surface area contributed by atoms with Crippen LogP contribution in [0.1, 0.15) is 5.56 Å². The van der Waals surface area contributed by atoms with Crippen molar-refractivity contribution < 1.29 is 14.6 Å². The van der Waals surface area contributed by atoms with Crippen LogP contribution in [0.15, 0.2) is 164 Å². The molecule has 48 heavy (non-hydrogen) atoms. The highest BCUT2D eigenvalue weighted by molar-refractivity contribution is 5.95. The average Bonchev–Trinajstić information content (AvgIpc) is 3.17. The zero-order valence-corrected chi connectivity index (χ0v) is 27.1. The zero-order valence-electron chi connectivity index (χ0n) is 27.1. The first kappa shape index (κ1) is 30.7. The molecule has 0 aliphatic carbocycles. The fourth-order valence-corrected chi connectivity index (χ4v) is 6.66. The summed E-state index contributed by atoms with van der Waals surface area (Å²) in [6.07, 6.45) is 0. The molecule has 0 aliphatic rings. The Balaban J connectivity index is 1.52. The molecule has 0 aliphatic heterocycles. The van der Waals surface area contributed by atoms with E-state index in [-0.39, 0.29) is 6.61 Å². The van der Waals surface area contributed by atoms with E-state index in [0.29, 0.717) is 0 Å². The van der Waals surface area contributed by atoms with Gasteiger partial charge in [-0.15, -0.1) is 0 Å². The number of benzene rings is 7. The summed E-state index contributed by atoms with van der Waals surface area (Å²) in [4.78, 5) is 0. The van der Waals surface area contributed by atoms with Gasteiger partial charge in [-0.1, -0.05) is 133 Å². The van der Waals surface area contributed by atoms with E-state index in [4.69, 9.17) is 9.47 Å². The maximum absolute atomic E-state index is 10.3. The lowest BCUT2D eigenvalue weighted by Crippen LogP contribution is -1.95. The van der Waals surface area contributed by atoms with Crippen LogP contribution >= 0.6 is 0 Å². The summed E-state index contributed by atoms with van der Waals surface area (Å²) in [5.74, 6) is 1.66. The van der Waals surface area contributed by atoms with Gasteiger partial charge in [0.25, 0.3) is 0 Å². The molecule has 0 saturated carbocycles. The minimum absolute atomic E-state index is 0.0334. The standard InChI is InChI=1S/C45H36O3/c1-47-44-25-13-11-23-42(44)40-21-9-6-18-37(40)33-27-32(36-17-5-8-20-39(36)35-16-4-3-15-31(35)30-46)28-34(29-33)38-19-7-10-22-41(38)43-24-12-14-26-45(43)48-2/h3-29,46H,30H2,1-2H3. The van der Waals surface area contributed by atoms with Gasteiger partial charge in [0.1, 0.15) is 11.5 Å². The lowest BCUT2D eigenvalue weighted by Gasteiger charge is -2.19. The van der Waals surface area contributed by atoms with E-state index in [1.54, 1.807) is 14.2 Å². The Morgan fingerprint density at radius 3 is 1.02 bits per heavy atom. The maximum Gasteiger partial charge on any atom is 0.126 e. The highest BCUT2D eigenvalue weighted by Crippen LogP contribution is 2.44. The number of rotatable bonds is 9. The number of ether oxygens (including phenoxy) is 2. The van der Waals surface area contributed by atoms with Crippen LogP contribution < -0.4 is 9.47 Å². The molecule has 234 valence electrons. The molecule has 7 aromatic rings. The molecule has 3 nitrogen and oxygen atoms in total. The van der Waals surface area contributed by atoms with E-state index in [9.17, 15) is 5.11 Å². The molecular weight excluding hydrogens is 588 g/mol. The summed E-state index contributed by atoms with van der Waals surface area (Å²) in [7, 11) is 3.44. The largest absolute Gasteiger partial charge is 0.496 e. The molecule has 0 atom stereocenters. The van der Waals surface area contributed by atoms with Crippen LogP contribution in [0.2, 0.25) is 0 Å². The second kappa shape index (κ2) is 13.8. The van der Waals surface area contributed by atoms with Crippen molar-refractivity contribution >= 4 is 0 Å². The molecule has 0 radical (unpaired) electrons. The molecule has 0 saturated heterocycles. The molecular formula is C45H36O3. The summed E-state index contributed by atoms with van der Waals surface area (Å²) in [6, 6.07) is 56.7. The quantitative estimate of drug-likeness (QED) is 0.174. The number of hydrogen-bond acceptors (Lipinski definition) is 3. The normalized spacial score (nSPS) is 10.9. The second-order valence-electron chi connectivity index (χ2n) is 11.7. The van der Waals surface area contributed by atoms with E-state index < -0.39 is 0 Å². The van der Waals surface area contributed by atoms with Crippen molar-refractivity contribution in [3.8, 4) is 78.3 Å². The van der Waals surface area contributed by atoms with Crippen LogP contribution in [0, 0.1) is 0 Å². The fraction of sp³-hybridized carbons (Fsp3) is 0.0667. The van der Waals surface area contributed by atoms with Crippen LogP contribution in [0.5, 0.6) is 11.5 Å². The van der Waals surface area contributed by atoms with Crippen molar-refractivity contribution in [2.24, 2.45) is 0 Å². The van der Waals surface area contributed by atoms with Crippen molar-refractivity contribution in [3.05, 3.63) is 169 Å². The summed E-state index contributed by atoms with van der Waals surface area (Å²) in [5.41, 5.74) is 13.8. The maximum atomic E-state index is 10.3. The Morgan fingerprint density at radius 1 is 0.354 bits per heavy atom. The number of methoxy groups -OCH3 is 2. The van der Waals surface area contributed by atoms with Gasteiger partial charge in [0.05, 0.1) is 20.8 Å². The third kappa shape index (κ3) is 5.88. The monoisotopic (exact) mass is 624 g/mol. The molecule has 3 heteroatoms. The highest BCUT2D eigenvalue weighted by Gasteiger charge is 2.18.